The number of hydrogen-bond acceptors (Lipinski definition) is 1. The maximum Gasteiger partial charge on any atom is 0.0686 e. The van der Waals surface area contributed by atoms with Crippen molar-refractivity contribution in [1.82, 2.24) is 4.57 Å². The Kier molecular flexibility index (Phi) is 7.07. The van der Waals surface area contributed by atoms with Crippen LogP contribution in [0.5, 0.6) is 0 Å². The Morgan fingerprint density at radius 2 is 1.09 bits per heavy atom. The van der Waals surface area contributed by atoms with Crippen molar-refractivity contribution in [3.8, 4) is 11.1 Å². The lowest BCUT2D eigenvalue weighted by atomic mass is 9.82. The Morgan fingerprint density at radius 1 is 0.509 bits per heavy atom. The molecule has 0 fully saturated rings. The molecule has 2 heteroatoms. The van der Waals surface area contributed by atoms with E-state index >= 15 is 0 Å². The molecule has 0 spiro atoms. The Hall–Kier alpha value is -6.25. The third-order valence-electron chi connectivity index (χ3n) is 11.7. The van der Waals surface area contributed by atoms with Gasteiger partial charge in [0.2, 0.25) is 0 Å². The summed E-state index contributed by atoms with van der Waals surface area (Å²) in [6.07, 6.45) is 2.37. The molecule has 1 aromatic heterocycles. The van der Waals surface area contributed by atoms with Gasteiger partial charge in [0.15, 0.2) is 0 Å². The van der Waals surface area contributed by atoms with Crippen LogP contribution >= 0.6 is 0 Å². The second-order valence-corrected chi connectivity index (χ2v) is 15.2. The maximum atomic E-state index is 5.45. The largest absolute Gasteiger partial charge is 0.334 e. The predicted octanol–water partition coefficient (Wildman–Crippen LogP) is 13.7. The van der Waals surface area contributed by atoms with Crippen LogP contribution in [0.4, 0.5) is 0 Å². The van der Waals surface area contributed by atoms with Gasteiger partial charge in [-0.2, -0.15) is 0 Å². The Bertz CT molecular complexity index is 2960. The van der Waals surface area contributed by atoms with Crippen LogP contribution in [0.1, 0.15) is 56.0 Å². The molecule has 1 atom stereocenters. The summed E-state index contributed by atoms with van der Waals surface area (Å²) < 4.78 is 2.53. The van der Waals surface area contributed by atoms with Crippen LogP contribution in [-0.4, -0.2) is 10.3 Å². The lowest BCUT2D eigenvalue weighted by Gasteiger charge is -2.22. The van der Waals surface area contributed by atoms with Gasteiger partial charge in [0, 0.05) is 38.5 Å². The third kappa shape index (κ3) is 4.82. The molecule has 0 aliphatic heterocycles. The van der Waals surface area contributed by atoms with Crippen molar-refractivity contribution in [3.63, 3.8) is 0 Å². The van der Waals surface area contributed by atoms with Crippen molar-refractivity contribution in [2.45, 2.75) is 39.2 Å². The minimum atomic E-state index is -0.0826. The first-order valence-electron chi connectivity index (χ1n) is 18.7. The van der Waals surface area contributed by atoms with Crippen LogP contribution in [0, 0.1) is 0 Å². The smallest absolute Gasteiger partial charge is 0.0686 e. The summed E-state index contributed by atoms with van der Waals surface area (Å²) in [7, 11) is 0. The first-order chi connectivity index (χ1) is 25.9. The highest BCUT2D eigenvalue weighted by Gasteiger charge is 2.36. The molecule has 0 N–H and O–H groups in total. The van der Waals surface area contributed by atoms with Crippen LogP contribution in [-0.2, 0) is 5.41 Å². The van der Waals surface area contributed by atoms with E-state index in [1.165, 1.54) is 76.4 Å². The van der Waals surface area contributed by atoms with E-state index in [-0.39, 0.29) is 11.5 Å². The minimum Gasteiger partial charge on any atom is -0.334 e. The molecule has 9 aromatic rings. The zero-order valence-corrected chi connectivity index (χ0v) is 30.6. The van der Waals surface area contributed by atoms with Gasteiger partial charge in [0.25, 0.3) is 0 Å². The van der Waals surface area contributed by atoms with Gasteiger partial charge >= 0.3 is 0 Å². The number of hydrogen-bond donors (Lipinski definition) is 0. The van der Waals surface area contributed by atoms with Crippen LogP contribution in [0.3, 0.4) is 0 Å². The van der Waals surface area contributed by atoms with Gasteiger partial charge in [-0.3, -0.25) is 4.99 Å². The molecule has 10 rings (SSSR count). The highest BCUT2D eigenvalue weighted by atomic mass is 15.0. The standard InChI is InChI=1S/C51H40N2/c1-32(53-49-25-15-13-23-42(49)45-30-44-41-22-12-14-24-46(41)51(3,4)47(44)31-50(45)53)28-48(52-33(2)34-16-6-5-7-17-34)35-26-27-40-38-20-9-8-18-36(38)37-19-10-11-21-39(37)43(40)29-35/h5-32H,1-4H3/b48-28-,52-33?. The average Bonchev–Trinajstić information content (AvgIpc) is 3.65. The number of rotatable bonds is 5. The van der Waals surface area contributed by atoms with E-state index in [4.69, 9.17) is 4.99 Å². The quantitative estimate of drug-likeness (QED) is 0.127. The van der Waals surface area contributed by atoms with Crippen LogP contribution in [0.25, 0.3) is 70.9 Å². The van der Waals surface area contributed by atoms with Crippen molar-refractivity contribution in [2.75, 3.05) is 0 Å². The fraction of sp³-hybridized carbons (Fsp3) is 0.118. The van der Waals surface area contributed by atoms with Crippen molar-refractivity contribution in [3.05, 3.63) is 186 Å². The van der Waals surface area contributed by atoms with Gasteiger partial charge in [-0.1, -0.05) is 147 Å². The molecule has 53 heavy (non-hydrogen) atoms. The fourth-order valence-corrected chi connectivity index (χ4v) is 9.12. The summed E-state index contributed by atoms with van der Waals surface area (Å²) in [5, 5.41) is 10.2. The van der Waals surface area contributed by atoms with E-state index in [9.17, 15) is 0 Å². The van der Waals surface area contributed by atoms with E-state index in [1.807, 2.05) is 0 Å². The molecular weight excluding hydrogens is 641 g/mol. The van der Waals surface area contributed by atoms with Gasteiger partial charge in [0.1, 0.15) is 0 Å². The molecule has 0 bridgehead atoms. The molecule has 1 aliphatic rings. The zero-order chi connectivity index (χ0) is 35.8. The molecule has 2 nitrogen and oxygen atoms in total. The number of benzene rings is 8. The van der Waals surface area contributed by atoms with Gasteiger partial charge in [0.05, 0.1) is 11.7 Å². The van der Waals surface area contributed by atoms with E-state index in [2.05, 4.69) is 196 Å². The van der Waals surface area contributed by atoms with Crippen LogP contribution in [0.2, 0.25) is 0 Å². The molecule has 0 saturated carbocycles. The fourth-order valence-electron chi connectivity index (χ4n) is 9.12. The number of fused-ring (bicyclic) bond motifs is 12. The van der Waals surface area contributed by atoms with E-state index in [0.29, 0.717) is 0 Å². The molecule has 1 heterocycles. The molecule has 254 valence electrons. The summed E-state index contributed by atoms with van der Waals surface area (Å²) in [5.41, 5.74) is 12.1. The summed E-state index contributed by atoms with van der Waals surface area (Å²) >= 11 is 0. The normalized spacial score (nSPS) is 14.7. The monoisotopic (exact) mass is 680 g/mol. The highest BCUT2D eigenvalue weighted by Crippen LogP contribution is 2.51. The second-order valence-electron chi connectivity index (χ2n) is 15.2. The summed E-state index contributed by atoms with van der Waals surface area (Å²) in [6, 6.07) is 57.8. The van der Waals surface area contributed by atoms with Crippen molar-refractivity contribution < 1.29 is 0 Å². The lowest BCUT2D eigenvalue weighted by molar-refractivity contribution is 0.659. The predicted molar refractivity (Wildman–Crippen MR) is 227 cm³/mol. The lowest BCUT2D eigenvalue weighted by Crippen LogP contribution is -2.15. The number of aromatic nitrogens is 1. The average molecular weight is 681 g/mol. The van der Waals surface area contributed by atoms with Crippen molar-refractivity contribution in [2.24, 2.45) is 4.99 Å². The molecule has 8 aromatic carbocycles. The summed E-state index contributed by atoms with van der Waals surface area (Å²) in [5.74, 6) is 0. The van der Waals surface area contributed by atoms with Gasteiger partial charge in [-0.05, 0) is 104 Å². The second kappa shape index (κ2) is 11.9. The molecule has 1 unspecified atom stereocenters. The number of nitrogens with zero attached hydrogens (tertiary/aromatic N) is 2. The van der Waals surface area contributed by atoms with Gasteiger partial charge in [-0.25, -0.2) is 0 Å². The first kappa shape index (κ1) is 31.5. The third-order valence-corrected chi connectivity index (χ3v) is 11.7. The van der Waals surface area contributed by atoms with E-state index < -0.39 is 0 Å². The highest BCUT2D eigenvalue weighted by molar-refractivity contribution is 6.25. The SMILES string of the molecule is CC(=N/C(=C\C(C)n1c2ccccc2c2cc3c(cc21)C(C)(C)c1ccccc1-3)c1ccc2c3ccccc3c3ccccc3c2c1)c1ccccc1. The number of allylic oxidation sites excluding steroid dienone is 1. The molecular formula is C51H40N2. The van der Waals surface area contributed by atoms with Gasteiger partial charge < -0.3 is 4.57 Å². The van der Waals surface area contributed by atoms with Gasteiger partial charge in [-0.15, -0.1) is 0 Å². The van der Waals surface area contributed by atoms with Crippen LogP contribution < -0.4 is 0 Å². The molecule has 1 aliphatic carbocycles. The summed E-state index contributed by atoms with van der Waals surface area (Å²) in [6.45, 7) is 9.18. The molecule has 0 radical (unpaired) electrons. The maximum absolute atomic E-state index is 5.45. The Morgan fingerprint density at radius 3 is 1.81 bits per heavy atom. The first-order valence-corrected chi connectivity index (χ1v) is 18.7. The zero-order valence-electron chi connectivity index (χ0n) is 30.6. The van der Waals surface area contributed by atoms with Crippen molar-refractivity contribution in [1.29, 1.82) is 0 Å². The topological polar surface area (TPSA) is 17.3 Å². The number of aliphatic imine (C=N–C) groups is 1. The number of para-hydroxylation sites is 1. The Labute approximate surface area is 310 Å². The summed E-state index contributed by atoms with van der Waals surface area (Å²) in [4.78, 5) is 5.45. The Balaban J connectivity index is 1.21. The van der Waals surface area contributed by atoms with Crippen LogP contribution in [0.15, 0.2) is 169 Å². The molecule has 0 amide bonds. The van der Waals surface area contributed by atoms with Crippen molar-refractivity contribution >= 4 is 65.5 Å². The van der Waals surface area contributed by atoms with E-state index in [0.717, 1.165) is 22.5 Å². The minimum absolute atomic E-state index is 0.00806. The van der Waals surface area contributed by atoms with E-state index in [1.54, 1.807) is 0 Å². The molecule has 0 saturated heterocycles.